The van der Waals surface area contributed by atoms with Crippen molar-refractivity contribution in [2.75, 3.05) is 13.1 Å². The van der Waals surface area contributed by atoms with Crippen LogP contribution >= 0.6 is 0 Å². The second-order valence-electron chi connectivity index (χ2n) is 5.34. The van der Waals surface area contributed by atoms with Crippen molar-refractivity contribution < 1.29 is 9.90 Å². The van der Waals surface area contributed by atoms with Crippen molar-refractivity contribution in [1.82, 2.24) is 4.90 Å². The lowest BCUT2D eigenvalue weighted by Crippen LogP contribution is -2.40. The maximum absolute atomic E-state index is 11.1. The molecule has 0 bridgehead atoms. The van der Waals surface area contributed by atoms with Crippen molar-refractivity contribution in [1.29, 1.82) is 0 Å². The third-order valence-corrected chi connectivity index (χ3v) is 3.57. The average molecular weight is 278 g/mol. The molecule has 0 radical (unpaired) electrons. The zero-order valence-electron chi connectivity index (χ0n) is 12.5. The van der Waals surface area contributed by atoms with Crippen LogP contribution in [0.1, 0.15) is 38.7 Å². The van der Waals surface area contributed by atoms with E-state index in [1.54, 1.807) is 12.1 Å². The fraction of sp³-hybridized carbons (Fsp3) is 0.562. The molecule has 1 unspecified atom stereocenters. The molecule has 4 nitrogen and oxygen atoms in total. The van der Waals surface area contributed by atoms with Crippen molar-refractivity contribution in [2.45, 2.75) is 45.6 Å². The number of amides is 1. The van der Waals surface area contributed by atoms with E-state index in [4.69, 9.17) is 5.73 Å². The first-order valence-corrected chi connectivity index (χ1v) is 7.33. The summed E-state index contributed by atoms with van der Waals surface area (Å²) in [7, 11) is 0. The molecule has 3 N–H and O–H groups in total. The van der Waals surface area contributed by atoms with Crippen LogP contribution in [0.2, 0.25) is 0 Å². The standard InChI is InChI=1S/C16H26N2O2/c1-3-4-11-18(12-16(17)20)13(2)5-6-14-7-9-15(19)10-8-14/h7-10,13,19H,3-6,11-12H2,1-2H3,(H2,17,20). The Morgan fingerprint density at radius 2 is 2.00 bits per heavy atom. The van der Waals surface area contributed by atoms with E-state index in [-0.39, 0.29) is 5.91 Å². The Kier molecular flexibility index (Phi) is 7.09. The lowest BCUT2D eigenvalue weighted by atomic mass is 10.0. The fourth-order valence-electron chi connectivity index (χ4n) is 2.24. The highest BCUT2D eigenvalue weighted by Gasteiger charge is 2.15. The number of benzene rings is 1. The summed E-state index contributed by atoms with van der Waals surface area (Å²) in [6.45, 7) is 5.52. The molecule has 1 aromatic rings. The Morgan fingerprint density at radius 3 is 2.55 bits per heavy atom. The summed E-state index contributed by atoms with van der Waals surface area (Å²) in [5.41, 5.74) is 6.52. The molecule has 0 aliphatic carbocycles. The molecule has 4 heteroatoms. The molecule has 20 heavy (non-hydrogen) atoms. The predicted octanol–water partition coefficient (Wildman–Crippen LogP) is 2.30. The van der Waals surface area contributed by atoms with E-state index in [0.29, 0.717) is 18.3 Å². The van der Waals surface area contributed by atoms with Gasteiger partial charge in [-0.2, -0.15) is 0 Å². The molecule has 1 aromatic carbocycles. The van der Waals surface area contributed by atoms with Crippen LogP contribution in [0.3, 0.4) is 0 Å². The minimum Gasteiger partial charge on any atom is -0.508 e. The van der Waals surface area contributed by atoms with Crippen LogP contribution < -0.4 is 5.73 Å². The molecule has 1 amide bonds. The molecule has 0 heterocycles. The largest absolute Gasteiger partial charge is 0.508 e. The predicted molar refractivity (Wildman–Crippen MR) is 81.6 cm³/mol. The molecule has 0 spiro atoms. The van der Waals surface area contributed by atoms with Gasteiger partial charge in [-0.3, -0.25) is 9.69 Å². The summed E-state index contributed by atoms with van der Waals surface area (Å²) in [5, 5.41) is 9.26. The van der Waals surface area contributed by atoms with Gasteiger partial charge in [0.2, 0.25) is 5.91 Å². The maximum Gasteiger partial charge on any atom is 0.231 e. The number of hydrogen-bond acceptors (Lipinski definition) is 3. The number of unbranched alkanes of at least 4 members (excludes halogenated alkanes) is 1. The number of nitrogens with two attached hydrogens (primary N) is 1. The van der Waals surface area contributed by atoms with Crippen molar-refractivity contribution >= 4 is 5.91 Å². The van der Waals surface area contributed by atoms with Crippen LogP contribution in [0.4, 0.5) is 0 Å². The smallest absolute Gasteiger partial charge is 0.231 e. The fourth-order valence-corrected chi connectivity index (χ4v) is 2.24. The monoisotopic (exact) mass is 278 g/mol. The second kappa shape index (κ2) is 8.59. The van der Waals surface area contributed by atoms with Gasteiger partial charge in [-0.05, 0) is 50.4 Å². The summed E-state index contributed by atoms with van der Waals surface area (Å²) in [4.78, 5) is 13.3. The molecule has 0 aliphatic rings. The maximum atomic E-state index is 11.1. The van der Waals surface area contributed by atoms with Crippen molar-refractivity contribution in [3.8, 4) is 5.75 Å². The third-order valence-electron chi connectivity index (χ3n) is 3.57. The summed E-state index contributed by atoms with van der Waals surface area (Å²) >= 11 is 0. The molecule has 0 saturated heterocycles. The van der Waals surface area contributed by atoms with Crippen LogP contribution in [0.25, 0.3) is 0 Å². The Morgan fingerprint density at radius 1 is 1.35 bits per heavy atom. The zero-order chi connectivity index (χ0) is 15.0. The van der Waals surface area contributed by atoms with Gasteiger partial charge in [0.25, 0.3) is 0 Å². The lowest BCUT2D eigenvalue weighted by molar-refractivity contribution is -0.119. The van der Waals surface area contributed by atoms with Crippen molar-refractivity contribution in [2.24, 2.45) is 5.73 Å². The van der Waals surface area contributed by atoms with Crippen LogP contribution in [-0.4, -0.2) is 35.0 Å². The van der Waals surface area contributed by atoms with Crippen LogP contribution in [0, 0.1) is 0 Å². The van der Waals surface area contributed by atoms with E-state index >= 15 is 0 Å². The Balaban J connectivity index is 2.49. The first kappa shape index (κ1) is 16.5. The molecule has 0 aliphatic heterocycles. The quantitative estimate of drug-likeness (QED) is 0.728. The number of phenolic OH excluding ortho intramolecular Hbond substituents is 1. The van der Waals surface area contributed by atoms with E-state index in [1.807, 2.05) is 12.1 Å². The summed E-state index contributed by atoms with van der Waals surface area (Å²) in [6, 6.07) is 7.61. The number of phenols is 1. The van der Waals surface area contributed by atoms with Crippen LogP contribution in [0.5, 0.6) is 5.75 Å². The summed E-state index contributed by atoms with van der Waals surface area (Å²) in [5.74, 6) is 0.0256. The first-order chi connectivity index (χ1) is 9.52. The Hall–Kier alpha value is -1.55. The van der Waals surface area contributed by atoms with E-state index in [1.165, 1.54) is 5.56 Å². The van der Waals surface area contributed by atoms with Crippen molar-refractivity contribution in [3.63, 3.8) is 0 Å². The number of aromatic hydroxyl groups is 1. The van der Waals surface area contributed by atoms with E-state index < -0.39 is 0 Å². The molecule has 112 valence electrons. The van der Waals surface area contributed by atoms with Gasteiger partial charge in [0.15, 0.2) is 0 Å². The van der Waals surface area contributed by atoms with Gasteiger partial charge in [0.1, 0.15) is 5.75 Å². The van der Waals surface area contributed by atoms with E-state index in [0.717, 1.165) is 32.2 Å². The zero-order valence-corrected chi connectivity index (χ0v) is 12.5. The Bertz CT molecular complexity index is 403. The number of carbonyl (C=O) groups is 1. The Labute approximate surface area is 121 Å². The van der Waals surface area contributed by atoms with Crippen molar-refractivity contribution in [3.05, 3.63) is 29.8 Å². The third kappa shape index (κ3) is 6.06. The molecular weight excluding hydrogens is 252 g/mol. The molecule has 0 saturated carbocycles. The van der Waals surface area contributed by atoms with Gasteiger partial charge < -0.3 is 10.8 Å². The normalized spacial score (nSPS) is 12.6. The summed E-state index contributed by atoms with van der Waals surface area (Å²) in [6.07, 6.45) is 4.10. The minimum absolute atomic E-state index is 0.266. The van der Waals surface area contributed by atoms with Gasteiger partial charge in [0.05, 0.1) is 6.54 Å². The van der Waals surface area contributed by atoms with Gasteiger partial charge in [-0.25, -0.2) is 0 Å². The second-order valence-corrected chi connectivity index (χ2v) is 5.34. The molecule has 0 aromatic heterocycles. The van der Waals surface area contributed by atoms with E-state index in [2.05, 4.69) is 18.7 Å². The average Bonchev–Trinajstić information content (AvgIpc) is 2.42. The number of nitrogens with zero attached hydrogens (tertiary/aromatic N) is 1. The SMILES string of the molecule is CCCCN(CC(N)=O)C(C)CCc1ccc(O)cc1. The topological polar surface area (TPSA) is 66.6 Å². The number of aryl methyl sites for hydroxylation is 1. The molecular formula is C16H26N2O2. The van der Waals surface area contributed by atoms with Crippen LogP contribution in [0.15, 0.2) is 24.3 Å². The lowest BCUT2D eigenvalue weighted by Gasteiger charge is -2.27. The number of carbonyl (C=O) groups excluding carboxylic acids is 1. The molecule has 0 fully saturated rings. The first-order valence-electron chi connectivity index (χ1n) is 7.33. The minimum atomic E-state index is -0.266. The molecule has 1 rings (SSSR count). The highest BCUT2D eigenvalue weighted by Crippen LogP contribution is 2.14. The highest BCUT2D eigenvalue weighted by molar-refractivity contribution is 5.75. The number of rotatable bonds is 9. The van der Waals surface area contributed by atoms with Gasteiger partial charge in [0, 0.05) is 6.04 Å². The molecule has 1 atom stereocenters. The van der Waals surface area contributed by atoms with E-state index in [9.17, 15) is 9.90 Å². The number of primary amides is 1. The highest BCUT2D eigenvalue weighted by atomic mass is 16.3. The van der Waals surface area contributed by atoms with Gasteiger partial charge in [-0.1, -0.05) is 25.5 Å². The summed E-state index contributed by atoms with van der Waals surface area (Å²) < 4.78 is 0. The van der Waals surface area contributed by atoms with Gasteiger partial charge in [-0.15, -0.1) is 0 Å². The van der Waals surface area contributed by atoms with Gasteiger partial charge >= 0.3 is 0 Å². The van der Waals surface area contributed by atoms with Crippen LogP contribution in [-0.2, 0) is 11.2 Å². The number of hydrogen-bond donors (Lipinski definition) is 2.